The number of halogens is 1. The minimum absolute atomic E-state index is 0.144. The van der Waals surface area contributed by atoms with Gasteiger partial charge in [-0.05, 0) is 36.6 Å². The van der Waals surface area contributed by atoms with Gasteiger partial charge in [-0.15, -0.1) is 0 Å². The summed E-state index contributed by atoms with van der Waals surface area (Å²) in [7, 11) is 0. The van der Waals surface area contributed by atoms with Crippen molar-refractivity contribution in [1.82, 2.24) is 10.2 Å². The van der Waals surface area contributed by atoms with Gasteiger partial charge in [-0.1, -0.05) is 19.1 Å². The van der Waals surface area contributed by atoms with E-state index >= 15 is 0 Å². The number of hydrogen-bond acceptors (Lipinski definition) is 2. The Bertz CT molecular complexity index is 602. The van der Waals surface area contributed by atoms with Crippen molar-refractivity contribution in [3.8, 4) is 0 Å². The molecule has 0 spiro atoms. The molecule has 1 aromatic heterocycles. The highest BCUT2D eigenvalue weighted by Gasteiger charge is 2.09. The molecular weight excluding hydrogens is 231 g/mol. The summed E-state index contributed by atoms with van der Waals surface area (Å²) in [6.07, 6.45) is 1.36. The van der Waals surface area contributed by atoms with Crippen LogP contribution in [0.15, 0.2) is 29.1 Å². The zero-order chi connectivity index (χ0) is 13.1. The summed E-state index contributed by atoms with van der Waals surface area (Å²) in [5.41, 5.74) is 3.37. The molecule has 0 atom stereocenters. The van der Waals surface area contributed by atoms with E-state index in [1.807, 2.05) is 6.92 Å². The van der Waals surface area contributed by atoms with Gasteiger partial charge in [0, 0.05) is 12.0 Å². The van der Waals surface area contributed by atoms with E-state index in [0.29, 0.717) is 12.0 Å². The van der Waals surface area contributed by atoms with Crippen LogP contribution >= 0.6 is 0 Å². The van der Waals surface area contributed by atoms with Crippen LogP contribution in [-0.4, -0.2) is 10.2 Å². The molecule has 94 valence electrons. The molecule has 1 heterocycles. The summed E-state index contributed by atoms with van der Waals surface area (Å²) in [5.74, 6) is -0.250. The topological polar surface area (TPSA) is 45.8 Å². The van der Waals surface area contributed by atoms with Crippen LogP contribution < -0.4 is 5.56 Å². The fraction of sp³-hybridized carbons (Fsp3) is 0.286. The van der Waals surface area contributed by atoms with E-state index < -0.39 is 0 Å². The first kappa shape index (κ1) is 12.5. The van der Waals surface area contributed by atoms with Crippen LogP contribution in [-0.2, 0) is 12.8 Å². The largest absolute Gasteiger partial charge is 0.268 e. The summed E-state index contributed by atoms with van der Waals surface area (Å²) in [4.78, 5) is 11.5. The van der Waals surface area contributed by atoms with Crippen molar-refractivity contribution in [2.75, 3.05) is 0 Å². The minimum Gasteiger partial charge on any atom is -0.268 e. The molecule has 0 aliphatic heterocycles. The second-order valence-electron chi connectivity index (χ2n) is 4.26. The number of H-pyrrole nitrogens is 1. The van der Waals surface area contributed by atoms with Crippen LogP contribution in [0.5, 0.6) is 0 Å². The molecule has 0 amide bonds. The van der Waals surface area contributed by atoms with Crippen LogP contribution in [0.25, 0.3) is 0 Å². The quantitative estimate of drug-likeness (QED) is 0.903. The molecule has 0 bridgehead atoms. The van der Waals surface area contributed by atoms with E-state index in [1.54, 1.807) is 19.1 Å². The lowest BCUT2D eigenvalue weighted by atomic mass is 10.0. The van der Waals surface area contributed by atoms with Crippen LogP contribution in [0.2, 0.25) is 0 Å². The number of hydrogen-bond donors (Lipinski definition) is 1. The Morgan fingerprint density at radius 3 is 2.56 bits per heavy atom. The van der Waals surface area contributed by atoms with Crippen molar-refractivity contribution in [3.05, 3.63) is 62.8 Å². The zero-order valence-electron chi connectivity index (χ0n) is 10.5. The second kappa shape index (κ2) is 5.12. The lowest BCUT2D eigenvalue weighted by Crippen LogP contribution is -2.17. The van der Waals surface area contributed by atoms with E-state index in [0.717, 1.165) is 23.2 Å². The molecule has 0 saturated carbocycles. The van der Waals surface area contributed by atoms with E-state index in [9.17, 15) is 9.18 Å². The molecule has 2 rings (SSSR count). The Hall–Kier alpha value is -1.97. The summed E-state index contributed by atoms with van der Waals surface area (Å²) in [5, 5.41) is 6.59. The average Bonchev–Trinajstić information content (AvgIpc) is 2.37. The smallest absolute Gasteiger partial charge is 0.267 e. The highest BCUT2D eigenvalue weighted by molar-refractivity contribution is 5.31. The Morgan fingerprint density at radius 1 is 1.28 bits per heavy atom. The summed E-state index contributed by atoms with van der Waals surface area (Å²) in [6, 6.07) is 6.33. The van der Waals surface area contributed by atoms with Crippen LogP contribution in [0.4, 0.5) is 4.39 Å². The summed E-state index contributed by atoms with van der Waals surface area (Å²) < 4.78 is 12.8. The fourth-order valence-electron chi connectivity index (χ4n) is 2.03. The molecule has 3 nitrogen and oxygen atoms in total. The summed E-state index contributed by atoms with van der Waals surface area (Å²) in [6.45, 7) is 3.80. The van der Waals surface area contributed by atoms with Crippen LogP contribution in [0.1, 0.15) is 29.3 Å². The van der Waals surface area contributed by atoms with Gasteiger partial charge < -0.3 is 0 Å². The Labute approximate surface area is 105 Å². The SMILES string of the molecule is CCc1c(Cc2ccc(F)cc2)n[nH]c(=O)c1C. The van der Waals surface area contributed by atoms with E-state index in [4.69, 9.17) is 0 Å². The first-order valence-corrected chi connectivity index (χ1v) is 5.93. The van der Waals surface area contributed by atoms with Crippen molar-refractivity contribution in [3.63, 3.8) is 0 Å². The molecule has 0 unspecified atom stereocenters. The average molecular weight is 246 g/mol. The number of aromatic nitrogens is 2. The maximum absolute atomic E-state index is 12.8. The third kappa shape index (κ3) is 2.47. The third-order valence-electron chi connectivity index (χ3n) is 3.07. The van der Waals surface area contributed by atoms with Gasteiger partial charge in [-0.2, -0.15) is 5.10 Å². The predicted octanol–water partition coefficient (Wildman–Crippen LogP) is 2.37. The standard InChI is InChI=1S/C14H15FN2O/c1-3-12-9(2)14(18)17-16-13(12)8-10-4-6-11(15)7-5-10/h4-7H,3,8H2,1-2H3,(H,17,18). The number of aromatic amines is 1. The normalized spacial score (nSPS) is 10.6. The molecule has 18 heavy (non-hydrogen) atoms. The first-order valence-electron chi connectivity index (χ1n) is 5.93. The van der Waals surface area contributed by atoms with Gasteiger partial charge >= 0.3 is 0 Å². The van der Waals surface area contributed by atoms with Gasteiger partial charge in [-0.25, -0.2) is 9.49 Å². The first-order chi connectivity index (χ1) is 8.61. The molecule has 0 fully saturated rings. The molecule has 4 heteroatoms. The lowest BCUT2D eigenvalue weighted by molar-refractivity contribution is 0.627. The zero-order valence-corrected chi connectivity index (χ0v) is 10.5. The molecule has 2 aromatic rings. The lowest BCUT2D eigenvalue weighted by Gasteiger charge is -2.08. The van der Waals surface area contributed by atoms with Crippen molar-refractivity contribution < 1.29 is 4.39 Å². The van der Waals surface area contributed by atoms with Crippen molar-refractivity contribution >= 4 is 0 Å². The molecule has 0 aliphatic carbocycles. The Balaban J connectivity index is 2.37. The van der Waals surface area contributed by atoms with Crippen molar-refractivity contribution in [1.29, 1.82) is 0 Å². The van der Waals surface area contributed by atoms with E-state index in [2.05, 4.69) is 10.2 Å². The van der Waals surface area contributed by atoms with Gasteiger partial charge in [-0.3, -0.25) is 4.79 Å². The monoisotopic (exact) mass is 246 g/mol. The van der Waals surface area contributed by atoms with Gasteiger partial charge in [0.1, 0.15) is 5.82 Å². The van der Waals surface area contributed by atoms with Crippen LogP contribution in [0.3, 0.4) is 0 Å². The van der Waals surface area contributed by atoms with Gasteiger partial charge in [0.05, 0.1) is 5.69 Å². The van der Waals surface area contributed by atoms with Crippen molar-refractivity contribution in [2.24, 2.45) is 0 Å². The van der Waals surface area contributed by atoms with E-state index in [1.165, 1.54) is 12.1 Å². The summed E-state index contributed by atoms with van der Waals surface area (Å²) >= 11 is 0. The van der Waals surface area contributed by atoms with Gasteiger partial charge in [0.25, 0.3) is 5.56 Å². The van der Waals surface area contributed by atoms with Crippen LogP contribution in [0, 0.1) is 12.7 Å². The Morgan fingerprint density at radius 2 is 1.94 bits per heavy atom. The highest BCUT2D eigenvalue weighted by Crippen LogP contribution is 2.14. The van der Waals surface area contributed by atoms with Gasteiger partial charge in [0.2, 0.25) is 0 Å². The molecule has 1 N–H and O–H groups in total. The molecule has 0 radical (unpaired) electrons. The maximum Gasteiger partial charge on any atom is 0.267 e. The predicted molar refractivity (Wildman–Crippen MR) is 68.2 cm³/mol. The van der Waals surface area contributed by atoms with Gasteiger partial charge in [0.15, 0.2) is 0 Å². The molecular formula is C14H15FN2O. The number of nitrogens with zero attached hydrogens (tertiary/aromatic N) is 1. The maximum atomic E-state index is 12.8. The fourth-order valence-corrected chi connectivity index (χ4v) is 2.03. The minimum atomic E-state index is -0.250. The molecule has 1 aromatic carbocycles. The van der Waals surface area contributed by atoms with Crippen molar-refractivity contribution in [2.45, 2.75) is 26.7 Å². The molecule has 0 saturated heterocycles. The highest BCUT2D eigenvalue weighted by atomic mass is 19.1. The second-order valence-corrected chi connectivity index (χ2v) is 4.26. The number of nitrogens with one attached hydrogen (secondary N) is 1. The molecule has 0 aliphatic rings. The van der Waals surface area contributed by atoms with E-state index in [-0.39, 0.29) is 11.4 Å². The third-order valence-corrected chi connectivity index (χ3v) is 3.07. The number of rotatable bonds is 3. The Kier molecular flexibility index (Phi) is 3.55. The number of benzene rings is 1.